The van der Waals surface area contributed by atoms with E-state index in [4.69, 9.17) is 14.7 Å². The van der Waals surface area contributed by atoms with Gasteiger partial charge in [-0.3, -0.25) is 0 Å². The number of nitrogens with zero attached hydrogens (tertiary/aromatic N) is 4. The molecule has 3 heterocycles. The Balaban J connectivity index is 1.53. The second kappa shape index (κ2) is 7.78. The number of amides is 1. The van der Waals surface area contributed by atoms with Crippen molar-refractivity contribution in [2.24, 2.45) is 0 Å². The summed E-state index contributed by atoms with van der Waals surface area (Å²) in [7, 11) is 0. The molecule has 1 saturated heterocycles. The Morgan fingerprint density at radius 2 is 1.77 bits per heavy atom. The van der Waals surface area contributed by atoms with Gasteiger partial charge in [-0.25, -0.2) is 0 Å². The van der Waals surface area contributed by atoms with E-state index in [1.165, 1.54) is 3.71 Å². The van der Waals surface area contributed by atoms with Crippen molar-refractivity contribution in [2.45, 2.75) is 79.0 Å². The molecule has 2 aliphatic rings. The van der Waals surface area contributed by atoms with Crippen LogP contribution >= 0.6 is 0 Å². The molecule has 6 nitrogen and oxygen atoms in total. The van der Waals surface area contributed by atoms with Crippen molar-refractivity contribution >= 4 is 45.0 Å². The summed E-state index contributed by atoms with van der Waals surface area (Å²) in [6, 6.07) is 8.61. The van der Waals surface area contributed by atoms with Gasteiger partial charge in [-0.2, -0.15) is 0 Å². The third kappa shape index (κ3) is 4.94. The number of fused-ring (bicyclic) bond motifs is 1. The van der Waals surface area contributed by atoms with Gasteiger partial charge in [0.15, 0.2) is 0 Å². The fourth-order valence-corrected chi connectivity index (χ4v) is 7.26. The molecule has 1 saturated carbocycles. The molecule has 1 atom stereocenters. The predicted octanol–water partition coefficient (Wildman–Crippen LogP) is 4.54. The van der Waals surface area contributed by atoms with Crippen LogP contribution in [-0.2, 0) is 4.74 Å². The van der Waals surface area contributed by atoms with Gasteiger partial charge >= 0.3 is 164 Å². The van der Waals surface area contributed by atoms with Crippen LogP contribution in [0.25, 0.3) is 11.0 Å². The van der Waals surface area contributed by atoms with Gasteiger partial charge in [-0.15, -0.1) is 0 Å². The first-order chi connectivity index (χ1) is 14.4. The van der Waals surface area contributed by atoms with Crippen LogP contribution in [0.4, 0.5) is 10.6 Å². The van der Waals surface area contributed by atoms with Gasteiger partial charge in [-0.05, 0) is 20.8 Å². The van der Waals surface area contributed by atoms with E-state index in [2.05, 4.69) is 50.9 Å². The number of carbonyl (C=O) groups excluding carboxylic acids is 1. The van der Waals surface area contributed by atoms with Crippen LogP contribution in [0.2, 0.25) is 14.8 Å². The standard InChI is InChI=1S/C21H27N4O2.3CH3.Sn/c1-20(2,3)27-19(26)25(21(4)10-11-21)15-9-13-24(14-15)18-8-7-16-17(23-18)6-5-12-22-16;;;;/h5-8,15H,9-11,13-14H2,1-4H3;3*1H3;. The van der Waals surface area contributed by atoms with Crippen LogP contribution in [0, 0.1) is 0 Å². The molecule has 31 heavy (non-hydrogen) atoms. The van der Waals surface area contributed by atoms with Gasteiger partial charge in [0, 0.05) is 0 Å². The summed E-state index contributed by atoms with van der Waals surface area (Å²) in [4.78, 5) is 34.3. The zero-order valence-electron chi connectivity index (χ0n) is 20.0. The molecule has 7 heteroatoms. The molecular formula is C24H36N4O2Sn. The molecular weight excluding hydrogens is 495 g/mol. The Morgan fingerprint density at radius 1 is 1.13 bits per heavy atom. The van der Waals surface area contributed by atoms with Gasteiger partial charge in [0.2, 0.25) is 0 Å². The summed E-state index contributed by atoms with van der Waals surface area (Å²) in [5.74, 6) is 0.967. The maximum absolute atomic E-state index is 13.0. The summed E-state index contributed by atoms with van der Waals surface area (Å²) in [5.41, 5.74) is 1.36. The Labute approximate surface area is 190 Å². The number of pyridine rings is 2. The number of hydrogen-bond acceptors (Lipinski definition) is 5. The summed E-state index contributed by atoms with van der Waals surface area (Å²) in [6.45, 7) is 9.65. The van der Waals surface area contributed by atoms with Gasteiger partial charge < -0.3 is 0 Å². The first kappa shape index (κ1) is 22.6. The molecule has 0 aromatic carbocycles. The van der Waals surface area contributed by atoms with Gasteiger partial charge in [0.1, 0.15) is 5.60 Å². The number of aromatic nitrogens is 2. The first-order valence-electron chi connectivity index (χ1n) is 11.4. The van der Waals surface area contributed by atoms with E-state index in [1.54, 1.807) is 0 Å². The zero-order valence-corrected chi connectivity index (χ0v) is 22.9. The van der Waals surface area contributed by atoms with Crippen molar-refractivity contribution in [2.75, 3.05) is 18.0 Å². The van der Waals surface area contributed by atoms with Crippen molar-refractivity contribution in [3.8, 4) is 0 Å². The Hall–Kier alpha value is -1.57. The molecule has 2 aromatic heterocycles. The third-order valence-corrected chi connectivity index (χ3v) is 11.5. The SMILES string of the molecule is CC(C)(C)OC(=O)N(C1CCN(c2ccc3n[c]([Sn]([CH3])([CH3])[CH3])ccc3n2)C1)C1(C)CC1. The molecule has 1 aliphatic carbocycles. The van der Waals surface area contributed by atoms with E-state index in [1.807, 2.05) is 25.7 Å². The number of rotatable bonds is 4. The van der Waals surface area contributed by atoms with Crippen molar-refractivity contribution in [1.29, 1.82) is 0 Å². The maximum atomic E-state index is 13.0. The minimum atomic E-state index is -2.20. The van der Waals surface area contributed by atoms with Crippen LogP contribution in [-0.4, -0.2) is 69.6 Å². The Kier molecular flexibility index (Phi) is 5.68. The Bertz CT molecular complexity index is 991. The van der Waals surface area contributed by atoms with E-state index in [9.17, 15) is 4.79 Å². The molecule has 1 amide bonds. The summed E-state index contributed by atoms with van der Waals surface area (Å²) >= 11 is -2.20. The molecule has 1 aliphatic heterocycles. The van der Waals surface area contributed by atoms with Gasteiger partial charge in [0.25, 0.3) is 0 Å². The summed E-state index contributed by atoms with van der Waals surface area (Å²) in [5, 5.41) is 0. The molecule has 1 unspecified atom stereocenters. The van der Waals surface area contributed by atoms with Gasteiger partial charge in [0.05, 0.1) is 0 Å². The molecule has 2 aromatic rings. The van der Waals surface area contributed by atoms with E-state index < -0.39 is 24.0 Å². The first-order valence-corrected chi connectivity index (χ1v) is 21.4. The van der Waals surface area contributed by atoms with E-state index >= 15 is 0 Å². The van der Waals surface area contributed by atoms with Crippen LogP contribution in [0.5, 0.6) is 0 Å². The monoisotopic (exact) mass is 532 g/mol. The average Bonchev–Trinajstić information content (AvgIpc) is 3.20. The topological polar surface area (TPSA) is 58.6 Å². The fourth-order valence-electron chi connectivity index (χ4n) is 4.30. The van der Waals surface area contributed by atoms with Crippen LogP contribution < -0.4 is 8.61 Å². The Morgan fingerprint density at radius 3 is 2.39 bits per heavy atom. The van der Waals surface area contributed by atoms with Crippen molar-refractivity contribution in [3.05, 3.63) is 24.3 Å². The fraction of sp³-hybridized carbons (Fsp3) is 0.625. The van der Waals surface area contributed by atoms with Gasteiger partial charge in [-0.1, -0.05) is 0 Å². The molecule has 0 N–H and O–H groups in total. The number of hydrogen-bond donors (Lipinski definition) is 0. The molecule has 0 bridgehead atoms. The zero-order chi connectivity index (χ0) is 22.6. The second-order valence-corrected chi connectivity index (χ2v) is 25.7. The van der Waals surface area contributed by atoms with Crippen LogP contribution in [0.1, 0.15) is 47.0 Å². The summed E-state index contributed by atoms with van der Waals surface area (Å²) < 4.78 is 7.05. The van der Waals surface area contributed by atoms with Crippen molar-refractivity contribution in [3.63, 3.8) is 0 Å². The predicted molar refractivity (Wildman–Crippen MR) is 129 cm³/mol. The molecule has 0 radical (unpaired) electrons. The molecule has 2 fully saturated rings. The molecule has 0 spiro atoms. The van der Waals surface area contributed by atoms with Crippen molar-refractivity contribution in [1.82, 2.24) is 14.9 Å². The van der Waals surface area contributed by atoms with Crippen molar-refractivity contribution < 1.29 is 9.53 Å². The van der Waals surface area contributed by atoms with E-state index in [0.717, 1.165) is 49.2 Å². The number of ether oxygens (including phenoxy) is 1. The molecule has 4 rings (SSSR count). The number of anilines is 1. The van der Waals surface area contributed by atoms with Crippen LogP contribution in [0.15, 0.2) is 24.3 Å². The normalized spacial score (nSPS) is 20.7. The van der Waals surface area contributed by atoms with Crippen LogP contribution in [0.3, 0.4) is 0 Å². The van der Waals surface area contributed by atoms with E-state index in [-0.39, 0.29) is 17.7 Å². The minimum absolute atomic E-state index is 0.0705. The van der Waals surface area contributed by atoms with E-state index in [0.29, 0.717) is 0 Å². The average molecular weight is 531 g/mol. The second-order valence-electron chi connectivity index (χ2n) is 11.4. The number of carbonyl (C=O) groups is 1. The quantitative estimate of drug-likeness (QED) is 0.543. The molecule has 168 valence electrons. The third-order valence-electron chi connectivity index (χ3n) is 6.29. The summed E-state index contributed by atoms with van der Waals surface area (Å²) in [6.07, 6.45) is 2.84.